The number of aliphatic imine (C=N–C) groups is 1. The van der Waals surface area contributed by atoms with Crippen LogP contribution in [0.2, 0.25) is 0 Å². The number of hydrogen-bond acceptors (Lipinski definition) is 8. The summed E-state index contributed by atoms with van der Waals surface area (Å²) in [5.74, 6) is -2.87. The molecule has 1 saturated heterocycles. The molecule has 1 N–H and O–H groups in total. The molecule has 3 heterocycles. The first-order valence-corrected chi connectivity index (χ1v) is 11.8. The average molecular weight is 507 g/mol. The summed E-state index contributed by atoms with van der Waals surface area (Å²) in [6, 6.07) is 1.71. The van der Waals surface area contributed by atoms with E-state index in [0.29, 0.717) is 16.5 Å². The van der Waals surface area contributed by atoms with Crippen molar-refractivity contribution in [2.75, 3.05) is 20.3 Å². The van der Waals surface area contributed by atoms with Crippen LogP contribution in [0.1, 0.15) is 42.1 Å². The Bertz CT molecular complexity index is 1270. The quantitative estimate of drug-likeness (QED) is 0.636. The molecule has 1 aromatic carbocycles. The van der Waals surface area contributed by atoms with Gasteiger partial charge in [-0.15, -0.1) is 11.3 Å². The highest BCUT2D eigenvalue weighted by molar-refractivity contribution is 7.11. The lowest BCUT2D eigenvalue weighted by Gasteiger charge is -2.38. The van der Waals surface area contributed by atoms with Crippen molar-refractivity contribution in [2.45, 2.75) is 37.5 Å². The molecule has 184 valence electrons. The standard InChI is InChI=1S/C23H21F3N4O4S/c1-3-34-21(31)17-15-8-11(28-22(32)33-2)10-30(15)19(20-27-6-7-35-20)29-23(17)9-14(25)16-12(23)4-5-13(24)18(16)26/h4-7,11,14H,3,8-10H2,1-2H3,(H,28,32)/t11-,14?,23?/m0/s1. The first kappa shape index (κ1) is 23.3. The van der Waals surface area contributed by atoms with Crippen LogP contribution in [-0.4, -0.2) is 54.1 Å². The van der Waals surface area contributed by atoms with Crippen LogP contribution in [0.4, 0.5) is 18.0 Å². The fourth-order valence-corrected chi connectivity index (χ4v) is 5.72. The van der Waals surface area contributed by atoms with Gasteiger partial charge in [-0.05, 0) is 18.6 Å². The van der Waals surface area contributed by atoms with E-state index in [0.717, 1.165) is 6.07 Å². The van der Waals surface area contributed by atoms with E-state index in [-0.39, 0.29) is 30.7 Å². The lowest BCUT2D eigenvalue weighted by molar-refractivity contribution is -0.139. The number of carbonyl (C=O) groups excluding carboxylic acids is 2. The maximum Gasteiger partial charge on any atom is 0.407 e. The minimum Gasteiger partial charge on any atom is -0.463 e. The van der Waals surface area contributed by atoms with Crippen LogP contribution in [-0.2, 0) is 19.8 Å². The van der Waals surface area contributed by atoms with Crippen molar-refractivity contribution < 1.29 is 32.2 Å². The van der Waals surface area contributed by atoms with Crippen molar-refractivity contribution >= 4 is 29.2 Å². The number of benzene rings is 1. The molecule has 0 bridgehead atoms. The molecule has 1 spiro atoms. The monoisotopic (exact) mass is 506 g/mol. The predicted molar refractivity (Wildman–Crippen MR) is 119 cm³/mol. The van der Waals surface area contributed by atoms with Gasteiger partial charge < -0.3 is 19.7 Å². The molecule has 0 saturated carbocycles. The van der Waals surface area contributed by atoms with Crippen molar-refractivity contribution in [1.29, 1.82) is 0 Å². The van der Waals surface area contributed by atoms with E-state index in [1.165, 1.54) is 24.5 Å². The maximum absolute atomic E-state index is 15.4. The van der Waals surface area contributed by atoms with Crippen LogP contribution < -0.4 is 5.32 Å². The zero-order valence-corrected chi connectivity index (χ0v) is 19.6. The van der Waals surface area contributed by atoms with Gasteiger partial charge in [0.15, 0.2) is 22.5 Å². The van der Waals surface area contributed by atoms with Gasteiger partial charge in [-0.3, -0.25) is 0 Å². The molecule has 1 aromatic heterocycles. The Morgan fingerprint density at radius 1 is 1.34 bits per heavy atom. The molecule has 8 nitrogen and oxygen atoms in total. The number of aromatic nitrogens is 1. The molecule has 12 heteroatoms. The highest BCUT2D eigenvalue weighted by Gasteiger charge is 2.56. The summed E-state index contributed by atoms with van der Waals surface area (Å²) in [7, 11) is 1.24. The summed E-state index contributed by atoms with van der Waals surface area (Å²) < 4.78 is 54.2. The SMILES string of the molecule is CCOC(=O)C1=C2C[C@H](NC(=O)OC)CN2C(c2nccs2)=NC12CC(F)c1c2ccc(F)c1F. The van der Waals surface area contributed by atoms with E-state index in [9.17, 15) is 18.4 Å². The van der Waals surface area contributed by atoms with Gasteiger partial charge in [0.2, 0.25) is 0 Å². The number of esters is 1. The molecule has 3 atom stereocenters. The van der Waals surface area contributed by atoms with Gasteiger partial charge in [0.05, 0.1) is 25.3 Å². The zero-order chi connectivity index (χ0) is 24.9. The third-order valence-corrected chi connectivity index (χ3v) is 7.17. The number of ether oxygens (including phenoxy) is 2. The Balaban J connectivity index is 1.76. The first-order chi connectivity index (χ1) is 16.8. The second-order valence-corrected chi connectivity index (χ2v) is 9.21. The van der Waals surface area contributed by atoms with Gasteiger partial charge in [-0.25, -0.2) is 32.7 Å². The summed E-state index contributed by atoms with van der Waals surface area (Å²) in [5.41, 5.74) is -1.54. The Morgan fingerprint density at radius 2 is 2.14 bits per heavy atom. The number of amidine groups is 1. The van der Waals surface area contributed by atoms with E-state index in [1.54, 1.807) is 23.4 Å². The summed E-state index contributed by atoms with van der Waals surface area (Å²) in [5, 5.41) is 4.96. The molecule has 3 aliphatic rings. The molecule has 2 aliphatic heterocycles. The number of nitrogens with one attached hydrogen (secondary N) is 1. The molecule has 1 aliphatic carbocycles. The molecule has 2 unspecified atom stereocenters. The second kappa shape index (κ2) is 8.67. The van der Waals surface area contributed by atoms with Crippen LogP contribution in [0.5, 0.6) is 0 Å². The van der Waals surface area contributed by atoms with Crippen molar-refractivity contribution in [3.8, 4) is 0 Å². The molecular weight excluding hydrogens is 485 g/mol. The molecule has 1 amide bonds. The van der Waals surface area contributed by atoms with Crippen LogP contribution >= 0.6 is 11.3 Å². The topological polar surface area (TPSA) is 93.1 Å². The summed E-state index contributed by atoms with van der Waals surface area (Å²) in [6.45, 7) is 1.92. The van der Waals surface area contributed by atoms with Crippen LogP contribution in [0.25, 0.3) is 0 Å². The normalized spacial score (nSPS) is 24.8. The molecular formula is C23H21F3N4O4S. The minimum absolute atomic E-state index is 0.0428. The third kappa shape index (κ3) is 3.58. The predicted octanol–water partition coefficient (Wildman–Crippen LogP) is 3.74. The van der Waals surface area contributed by atoms with Crippen molar-refractivity contribution in [3.05, 3.63) is 62.7 Å². The Labute approximate surface area is 202 Å². The summed E-state index contributed by atoms with van der Waals surface area (Å²) >= 11 is 1.29. The van der Waals surface area contributed by atoms with E-state index >= 15 is 4.39 Å². The largest absolute Gasteiger partial charge is 0.463 e. The van der Waals surface area contributed by atoms with Gasteiger partial charge in [0.25, 0.3) is 0 Å². The molecule has 1 fully saturated rings. The number of fused-ring (bicyclic) bond motifs is 3. The van der Waals surface area contributed by atoms with E-state index < -0.39 is 53.4 Å². The Morgan fingerprint density at radius 3 is 2.83 bits per heavy atom. The minimum atomic E-state index is -1.90. The molecule has 2 aromatic rings. The van der Waals surface area contributed by atoms with Crippen LogP contribution in [0.3, 0.4) is 0 Å². The fraction of sp³-hybridized carbons (Fsp3) is 0.391. The second-order valence-electron chi connectivity index (χ2n) is 8.32. The summed E-state index contributed by atoms with van der Waals surface area (Å²) in [6.07, 6.45) is -1.19. The average Bonchev–Trinajstić information content (AvgIpc) is 3.55. The van der Waals surface area contributed by atoms with Gasteiger partial charge in [0.1, 0.15) is 11.7 Å². The maximum atomic E-state index is 15.4. The first-order valence-electron chi connectivity index (χ1n) is 11.0. The van der Waals surface area contributed by atoms with E-state index in [1.807, 2.05) is 0 Å². The number of methoxy groups -OCH3 is 1. The van der Waals surface area contributed by atoms with Gasteiger partial charge in [0, 0.05) is 42.2 Å². The van der Waals surface area contributed by atoms with Crippen molar-refractivity contribution in [1.82, 2.24) is 15.2 Å². The Kier molecular flexibility index (Phi) is 5.78. The number of hydrogen-bond donors (Lipinski definition) is 1. The van der Waals surface area contributed by atoms with Crippen LogP contribution in [0.15, 0.2) is 40.0 Å². The highest BCUT2D eigenvalue weighted by atomic mass is 32.1. The smallest absolute Gasteiger partial charge is 0.407 e. The van der Waals surface area contributed by atoms with E-state index in [4.69, 9.17) is 14.5 Å². The van der Waals surface area contributed by atoms with Crippen molar-refractivity contribution in [3.63, 3.8) is 0 Å². The van der Waals surface area contributed by atoms with Gasteiger partial charge in [-0.1, -0.05) is 6.07 Å². The molecule has 5 rings (SSSR count). The number of rotatable bonds is 4. The van der Waals surface area contributed by atoms with Gasteiger partial charge in [-0.2, -0.15) is 0 Å². The molecule has 0 radical (unpaired) electrons. The number of nitrogens with zero attached hydrogens (tertiary/aromatic N) is 3. The lowest BCUT2D eigenvalue weighted by atomic mass is 9.81. The molecule has 35 heavy (non-hydrogen) atoms. The third-order valence-electron chi connectivity index (χ3n) is 6.40. The van der Waals surface area contributed by atoms with Crippen LogP contribution in [0, 0.1) is 11.6 Å². The number of halogens is 3. The fourth-order valence-electron chi connectivity index (χ4n) is 5.08. The number of alkyl carbamates (subject to hydrolysis) is 1. The number of carbonyl (C=O) groups is 2. The Hall–Kier alpha value is -3.41. The van der Waals surface area contributed by atoms with E-state index in [2.05, 4.69) is 10.3 Å². The van der Waals surface area contributed by atoms with Gasteiger partial charge >= 0.3 is 12.1 Å². The number of alkyl halides is 1. The zero-order valence-electron chi connectivity index (χ0n) is 18.8. The highest BCUT2D eigenvalue weighted by Crippen LogP contribution is 2.56. The van der Waals surface area contributed by atoms with Crippen molar-refractivity contribution in [2.24, 2.45) is 4.99 Å². The summed E-state index contributed by atoms with van der Waals surface area (Å²) in [4.78, 5) is 36.2. The lowest BCUT2D eigenvalue weighted by Crippen LogP contribution is -2.43. The number of amides is 1. The number of thiazole rings is 1.